The molecule has 2 aromatic rings. The second kappa shape index (κ2) is 7.09. The Labute approximate surface area is 141 Å². The summed E-state index contributed by atoms with van der Waals surface area (Å²) in [6.45, 7) is 3.32. The zero-order valence-corrected chi connectivity index (χ0v) is 14.7. The minimum Gasteiger partial charge on any atom is -0.306 e. The normalized spacial score (nSPS) is 17.3. The van der Waals surface area contributed by atoms with Gasteiger partial charge in [-0.05, 0) is 52.2 Å². The van der Waals surface area contributed by atoms with Crippen molar-refractivity contribution in [1.82, 2.24) is 14.8 Å². The van der Waals surface area contributed by atoms with Gasteiger partial charge in [0.25, 0.3) is 0 Å². The van der Waals surface area contributed by atoms with Crippen LogP contribution in [-0.4, -0.2) is 48.0 Å². The molecule has 0 amide bonds. The van der Waals surface area contributed by atoms with Gasteiger partial charge < -0.3 is 4.90 Å². The van der Waals surface area contributed by atoms with E-state index in [4.69, 9.17) is 16.6 Å². The Bertz CT molecular complexity index is 603. The minimum absolute atomic E-state index is 0.678. The number of halogens is 1. The Hall–Kier alpha value is -0.940. The van der Waals surface area contributed by atoms with Crippen LogP contribution >= 0.6 is 22.9 Å². The molecular formula is C17H22ClN3S. The number of thiazole rings is 1. The van der Waals surface area contributed by atoms with Gasteiger partial charge in [-0.15, -0.1) is 11.3 Å². The Morgan fingerprint density at radius 2 is 1.95 bits per heavy atom. The number of likely N-dealkylation sites (tertiary alicyclic amines) is 1. The smallest absolute Gasteiger partial charge is 0.123 e. The number of nitrogens with zero attached hydrogens (tertiary/aromatic N) is 3. The van der Waals surface area contributed by atoms with E-state index in [9.17, 15) is 0 Å². The monoisotopic (exact) mass is 335 g/mol. The predicted molar refractivity (Wildman–Crippen MR) is 94.5 cm³/mol. The fraction of sp³-hybridized carbons (Fsp3) is 0.471. The third-order valence-electron chi connectivity index (χ3n) is 4.37. The van der Waals surface area contributed by atoms with Crippen molar-refractivity contribution in [3.8, 4) is 10.6 Å². The van der Waals surface area contributed by atoms with Gasteiger partial charge in [-0.2, -0.15) is 0 Å². The zero-order chi connectivity index (χ0) is 15.5. The standard InChI is InChI=1S/C17H22ClN3S/c1-20-9-7-16(8-10-20)21(2)11-15-12-22-17(19-15)13-3-5-14(18)6-4-13/h3-6,12,16H,7-11H2,1-2H3. The van der Waals surface area contributed by atoms with Crippen molar-refractivity contribution in [3.05, 3.63) is 40.4 Å². The van der Waals surface area contributed by atoms with E-state index in [1.165, 1.54) is 25.9 Å². The molecule has 1 aromatic heterocycles. The third-order valence-corrected chi connectivity index (χ3v) is 5.56. The highest BCUT2D eigenvalue weighted by Crippen LogP contribution is 2.26. The summed E-state index contributed by atoms with van der Waals surface area (Å²) in [6.07, 6.45) is 2.50. The van der Waals surface area contributed by atoms with Gasteiger partial charge in [0.15, 0.2) is 0 Å². The van der Waals surface area contributed by atoms with E-state index >= 15 is 0 Å². The van der Waals surface area contributed by atoms with Gasteiger partial charge in [0.1, 0.15) is 5.01 Å². The van der Waals surface area contributed by atoms with Crippen LogP contribution in [0.4, 0.5) is 0 Å². The fourth-order valence-corrected chi connectivity index (χ4v) is 3.87. The van der Waals surface area contributed by atoms with Crippen LogP contribution < -0.4 is 0 Å². The molecule has 5 heteroatoms. The summed E-state index contributed by atoms with van der Waals surface area (Å²) in [6, 6.07) is 8.58. The predicted octanol–water partition coefficient (Wildman–Crippen LogP) is 3.99. The lowest BCUT2D eigenvalue weighted by atomic mass is 10.0. The molecule has 0 saturated carbocycles. The molecule has 0 aliphatic carbocycles. The van der Waals surface area contributed by atoms with Crippen LogP contribution in [0, 0.1) is 0 Å². The average Bonchev–Trinajstić information content (AvgIpc) is 2.97. The second-order valence-electron chi connectivity index (χ2n) is 6.10. The first-order valence-corrected chi connectivity index (χ1v) is 8.97. The molecule has 1 aliphatic heterocycles. The molecule has 0 spiro atoms. The van der Waals surface area contributed by atoms with E-state index in [-0.39, 0.29) is 0 Å². The number of hydrogen-bond donors (Lipinski definition) is 0. The van der Waals surface area contributed by atoms with Gasteiger partial charge in [-0.1, -0.05) is 23.7 Å². The Kier molecular flexibility index (Phi) is 5.14. The van der Waals surface area contributed by atoms with Gasteiger partial charge in [0.2, 0.25) is 0 Å². The van der Waals surface area contributed by atoms with Crippen molar-refractivity contribution < 1.29 is 0 Å². The number of hydrogen-bond acceptors (Lipinski definition) is 4. The largest absolute Gasteiger partial charge is 0.306 e. The van der Waals surface area contributed by atoms with Crippen LogP contribution in [0.1, 0.15) is 18.5 Å². The first-order valence-electron chi connectivity index (χ1n) is 7.71. The highest BCUT2D eigenvalue weighted by atomic mass is 35.5. The average molecular weight is 336 g/mol. The van der Waals surface area contributed by atoms with E-state index in [0.717, 1.165) is 27.8 Å². The van der Waals surface area contributed by atoms with Crippen molar-refractivity contribution in [2.45, 2.75) is 25.4 Å². The maximum atomic E-state index is 5.94. The van der Waals surface area contributed by atoms with E-state index < -0.39 is 0 Å². The Morgan fingerprint density at radius 1 is 1.27 bits per heavy atom. The molecule has 1 saturated heterocycles. The molecule has 0 unspecified atom stereocenters. The van der Waals surface area contributed by atoms with Crippen molar-refractivity contribution in [2.24, 2.45) is 0 Å². The number of aromatic nitrogens is 1. The van der Waals surface area contributed by atoms with E-state index in [2.05, 4.69) is 29.3 Å². The molecule has 0 bridgehead atoms. The van der Waals surface area contributed by atoms with Crippen LogP contribution in [0.15, 0.2) is 29.6 Å². The highest BCUT2D eigenvalue weighted by molar-refractivity contribution is 7.13. The fourth-order valence-electron chi connectivity index (χ4n) is 2.93. The van der Waals surface area contributed by atoms with Crippen molar-refractivity contribution >= 4 is 22.9 Å². The summed E-state index contributed by atoms with van der Waals surface area (Å²) >= 11 is 7.65. The third kappa shape index (κ3) is 3.87. The van der Waals surface area contributed by atoms with E-state index in [1.807, 2.05) is 24.3 Å². The van der Waals surface area contributed by atoms with Crippen molar-refractivity contribution in [2.75, 3.05) is 27.2 Å². The van der Waals surface area contributed by atoms with Gasteiger partial charge in [0, 0.05) is 28.6 Å². The molecule has 1 aromatic carbocycles. The quantitative estimate of drug-likeness (QED) is 0.842. The molecule has 2 heterocycles. The summed E-state index contributed by atoms with van der Waals surface area (Å²) < 4.78 is 0. The maximum absolute atomic E-state index is 5.94. The molecule has 1 fully saturated rings. The highest BCUT2D eigenvalue weighted by Gasteiger charge is 2.21. The molecule has 22 heavy (non-hydrogen) atoms. The summed E-state index contributed by atoms with van der Waals surface area (Å²) in [5.74, 6) is 0. The van der Waals surface area contributed by atoms with E-state index in [0.29, 0.717) is 6.04 Å². The van der Waals surface area contributed by atoms with E-state index in [1.54, 1.807) is 11.3 Å². The molecule has 118 valence electrons. The number of benzene rings is 1. The Balaban J connectivity index is 1.63. The lowest BCUT2D eigenvalue weighted by Gasteiger charge is -2.34. The van der Waals surface area contributed by atoms with Gasteiger partial charge >= 0.3 is 0 Å². The SMILES string of the molecule is CN1CCC(N(C)Cc2csc(-c3ccc(Cl)cc3)n2)CC1. The molecule has 3 rings (SSSR count). The van der Waals surface area contributed by atoms with Crippen LogP contribution in [0.5, 0.6) is 0 Å². The molecule has 1 aliphatic rings. The Morgan fingerprint density at radius 3 is 2.64 bits per heavy atom. The maximum Gasteiger partial charge on any atom is 0.123 e. The first kappa shape index (κ1) is 15.9. The van der Waals surface area contributed by atoms with Crippen molar-refractivity contribution in [3.63, 3.8) is 0 Å². The van der Waals surface area contributed by atoms with Crippen LogP contribution in [0.25, 0.3) is 10.6 Å². The first-order chi connectivity index (χ1) is 10.6. The zero-order valence-electron chi connectivity index (χ0n) is 13.1. The lowest BCUT2D eigenvalue weighted by Crippen LogP contribution is -2.41. The lowest BCUT2D eigenvalue weighted by molar-refractivity contribution is 0.138. The summed E-state index contributed by atoms with van der Waals surface area (Å²) in [4.78, 5) is 9.64. The van der Waals surface area contributed by atoms with Crippen LogP contribution in [-0.2, 0) is 6.54 Å². The molecule has 0 radical (unpaired) electrons. The minimum atomic E-state index is 0.678. The van der Waals surface area contributed by atoms with Gasteiger partial charge in [-0.3, -0.25) is 4.90 Å². The summed E-state index contributed by atoms with van der Waals surface area (Å²) in [5, 5.41) is 4.01. The molecule has 3 nitrogen and oxygen atoms in total. The second-order valence-corrected chi connectivity index (χ2v) is 7.39. The van der Waals surface area contributed by atoms with Crippen LogP contribution in [0.2, 0.25) is 5.02 Å². The van der Waals surface area contributed by atoms with Gasteiger partial charge in [0.05, 0.1) is 5.69 Å². The molecular weight excluding hydrogens is 314 g/mol. The summed E-state index contributed by atoms with van der Waals surface area (Å²) in [5.41, 5.74) is 2.30. The molecule has 0 N–H and O–H groups in total. The van der Waals surface area contributed by atoms with Crippen LogP contribution in [0.3, 0.4) is 0 Å². The number of rotatable bonds is 4. The number of piperidine rings is 1. The van der Waals surface area contributed by atoms with Gasteiger partial charge in [-0.25, -0.2) is 4.98 Å². The van der Waals surface area contributed by atoms with Crippen molar-refractivity contribution in [1.29, 1.82) is 0 Å². The summed E-state index contributed by atoms with van der Waals surface area (Å²) in [7, 11) is 4.42. The molecule has 0 atom stereocenters. The topological polar surface area (TPSA) is 19.4 Å².